The summed E-state index contributed by atoms with van der Waals surface area (Å²) in [5.41, 5.74) is 0.893. The van der Waals surface area contributed by atoms with Crippen LogP contribution in [0.15, 0.2) is 40.8 Å². The lowest BCUT2D eigenvalue weighted by atomic mass is 10.2. The van der Waals surface area contributed by atoms with E-state index in [9.17, 15) is 5.11 Å². The second kappa shape index (κ2) is 6.84. The summed E-state index contributed by atoms with van der Waals surface area (Å²) in [5.74, 6) is 1.63. The van der Waals surface area contributed by atoms with Gasteiger partial charge in [0.15, 0.2) is 0 Å². The molecule has 2 aromatic rings. The number of aliphatic hydroxyl groups is 1. The standard InChI is InChI=1S/C17H20ClNO3/c1-2-21-17-11-19(10-15(17)20)9-12-7-8-16(22-12)13-5-3-4-6-14(13)18/h3-8,15,17,20H,2,9-11H2,1H3/t15-,17-/m1/s1. The molecule has 5 heteroatoms. The molecular weight excluding hydrogens is 302 g/mol. The van der Waals surface area contributed by atoms with Crippen molar-refractivity contribution in [1.29, 1.82) is 0 Å². The predicted molar refractivity (Wildman–Crippen MR) is 85.9 cm³/mol. The molecule has 0 spiro atoms. The number of ether oxygens (including phenoxy) is 1. The molecule has 22 heavy (non-hydrogen) atoms. The normalized spacial score (nSPS) is 22.3. The van der Waals surface area contributed by atoms with Crippen LogP contribution < -0.4 is 0 Å². The van der Waals surface area contributed by atoms with Crippen LogP contribution in [0.2, 0.25) is 5.02 Å². The highest BCUT2D eigenvalue weighted by molar-refractivity contribution is 6.33. The van der Waals surface area contributed by atoms with E-state index in [1.165, 1.54) is 0 Å². The maximum absolute atomic E-state index is 9.97. The Labute approximate surface area is 135 Å². The zero-order valence-corrected chi connectivity index (χ0v) is 13.3. The highest BCUT2D eigenvalue weighted by Crippen LogP contribution is 2.29. The van der Waals surface area contributed by atoms with Crippen molar-refractivity contribution >= 4 is 11.6 Å². The Balaban J connectivity index is 1.67. The monoisotopic (exact) mass is 321 g/mol. The van der Waals surface area contributed by atoms with Gasteiger partial charge in [-0.1, -0.05) is 23.7 Å². The molecule has 0 bridgehead atoms. The fourth-order valence-electron chi connectivity index (χ4n) is 2.83. The predicted octanol–water partition coefficient (Wildman–Crippen LogP) is 3.18. The van der Waals surface area contributed by atoms with Crippen molar-refractivity contribution < 1.29 is 14.3 Å². The second-order valence-electron chi connectivity index (χ2n) is 5.50. The molecule has 1 aliphatic rings. The molecule has 2 atom stereocenters. The van der Waals surface area contributed by atoms with Gasteiger partial charge in [0.05, 0.1) is 23.8 Å². The van der Waals surface area contributed by atoms with Crippen molar-refractivity contribution in [1.82, 2.24) is 4.90 Å². The van der Waals surface area contributed by atoms with Crippen LogP contribution in [-0.2, 0) is 11.3 Å². The van der Waals surface area contributed by atoms with Crippen molar-refractivity contribution in [3.8, 4) is 11.3 Å². The molecule has 1 aromatic carbocycles. The number of nitrogens with zero attached hydrogens (tertiary/aromatic N) is 1. The number of benzene rings is 1. The lowest BCUT2D eigenvalue weighted by Crippen LogP contribution is -2.26. The van der Waals surface area contributed by atoms with Crippen LogP contribution in [-0.4, -0.2) is 41.9 Å². The Morgan fingerprint density at radius 2 is 2.09 bits per heavy atom. The van der Waals surface area contributed by atoms with E-state index in [0.717, 1.165) is 23.6 Å². The van der Waals surface area contributed by atoms with Crippen molar-refractivity contribution in [2.75, 3.05) is 19.7 Å². The van der Waals surface area contributed by atoms with Crippen molar-refractivity contribution in [3.63, 3.8) is 0 Å². The quantitative estimate of drug-likeness (QED) is 0.918. The van der Waals surface area contributed by atoms with E-state index < -0.39 is 6.10 Å². The number of aliphatic hydroxyl groups excluding tert-OH is 1. The minimum absolute atomic E-state index is 0.108. The molecule has 1 aliphatic heterocycles. The summed E-state index contributed by atoms with van der Waals surface area (Å²) in [5, 5.41) is 10.7. The van der Waals surface area contributed by atoms with Crippen LogP contribution in [0, 0.1) is 0 Å². The summed E-state index contributed by atoms with van der Waals surface area (Å²) in [6.07, 6.45) is -0.541. The van der Waals surface area contributed by atoms with Gasteiger partial charge in [-0.3, -0.25) is 4.90 Å². The molecule has 2 heterocycles. The number of hydrogen-bond acceptors (Lipinski definition) is 4. The van der Waals surface area contributed by atoms with Gasteiger partial charge >= 0.3 is 0 Å². The zero-order chi connectivity index (χ0) is 15.5. The van der Waals surface area contributed by atoms with Crippen LogP contribution in [0.1, 0.15) is 12.7 Å². The molecule has 1 aromatic heterocycles. The van der Waals surface area contributed by atoms with E-state index >= 15 is 0 Å². The Bertz CT molecular complexity index is 628. The van der Waals surface area contributed by atoms with Gasteiger partial charge in [-0.15, -0.1) is 0 Å². The SMILES string of the molecule is CCO[C@@H]1CN(Cc2ccc(-c3ccccc3Cl)o2)C[C@H]1O. The lowest BCUT2D eigenvalue weighted by molar-refractivity contribution is -0.00247. The Hall–Kier alpha value is -1.33. The van der Waals surface area contributed by atoms with Crippen molar-refractivity contribution in [2.24, 2.45) is 0 Å². The largest absolute Gasteiger partial charge is 0.460 e. The third kappa shape index (κ3) is 3.36. The average Bonchev–Trinajstić information content (AvgIpc) is 3.08. The van der Waals surface area contributed by atoms with E-state index in [-0.39, 0.29) is 6.10 Å². The van der Waals surface area contributed by atoms with Gasteiger partial charge in [-0.2, -0.15) is 0 Å². The fraction of sp³-hybridized carbons (Fsp3) is 0.412. The first-order valence-electron chi connectivity index (χ1n) is 7.53. The summed E-state index contributed by atoms with van der Waals surface area (Å²) < 4.78 is 11.4. The van der Waals surface area contributed by atoms with Crippen LogP contribution in [0.4, 0.5) is 0 Å². The van der Waals surface area contributed by atoms with E-state index in [1.807, 2.05) is 43.3 Å². The Morgan fingerprint density at radius 3 is 2.86 bits per heavy atom. The highest BCUT2D eigenvalue weighted by atomic mass is 35.5. The first kappa shape index (κ1) is 15.6. The first-order valence-corrected chi connectivity index (χ1v) is 7.90. The minimum Gasteiger partial charge on any atom is -0.460 e. The molecule has 0 aliphatic carbocycles. The number of rotatable bonds is 5. The Kier molecular flexibility index (Phi) is 4.84. The van der Waals surface area contributed by atoms with Gasteiger partial charge in [-0.05, 0) is 31.2 Å². The van der Waals surface area contributed by atoms with E-state index in [4.69, 9.17) is 20.8 Å². The molecule has 4 nitrogen and oxygen atoms in total. The zero-order valence-electron chi connectivity index (χ0n) is 12.5. The van der Waals surface area contributed by atoms with E-state index in [1.54, 1.807) is 0 Å². The van der Waals surface area contributed by atoms with Crippen molar-refractivity contribution in [3.05, 3.63) is 47.2 Å². The van der Waals surface area contributed by atoms with Crippen LogP contribution in [0.3, 0.4) is 0 Å². The van der Waals surface area contributed by atoms with E-state index in [0.29, 0.717) is 24.7 Å². The number of furan rings is 1. The van der Waals surface area contributed by atoms with E-state index in [2.05, 4.69) is 4.90 Å². The highest BCUT2D eigenvalue weighted by Gasteiger charge is 2.32. The number of β-amino-alcohol motifs (C(OH)–C–C–N with tert-alkyl or cyclic N) is 1. The molecular formula is C17H20ClNO3. The lowest BCUT2D eigenvalue weighted by Gasteiger charge is -2.14. The minimum atomic E-state index is -0.432. The average molecular weight is 322 g/mol. The number of likely N-dealkylation sites (tertiary alicyclic amines) is 1. The topological polar surface area (TPSA) is 45.8 Å². The molecule has 0 radical (unpaired) electrons. The fourth-order valence-corrected chi connectivity index (χ4v) is 3.06. The number of hydrogen-bond donors (Lipinski definition) is 1. The molecule has 1 fully saturated rings. The van der Waals surface area contributed by atoms with Gasteiger partial charge in [0.25, 0.3) is 0 Å². The molecule has 3 rings (SSSR count). The summed E-state index contributed by atoms with van der Waals surface area (Å²) in [7, 11) is 0. The van der Waals surface area contributed by atoms with Gasteiger partial charge in [0.2, 0.25) is 0 Å². The molecule has 1 saturated heterocycles. The summed E-state index contributed by atoms with van der Waals surface area (Å²) in [6, 6.07) is 11.5. The summed E-state index contributed by atoms with van der Waals surface area (Å²) in [6.45, 7) is 4.54. The van der Waals surface area contributed by atoms with Gasteiger partial charge in [0, 0.05) is 25.3 Å². The van der Waals surface area contributed by atoms with Gasteiger partial charge < -0.3 is 14.3 Å². The maximum Gasteiger partial charge on any atom is 0.135 e. The Morgan fingerprint density at radius 1 is 1.27 bits per heavy atom. The third-order valence-electron chi connectivity index (χ3n) is 3.87. The van der Waals surface area contributed by atoms with Gasteiger partial charge in [0.1, 0.15) is 11.5 Å². The smallest absolute Gasteiger partial charge is 0.135 e. The van der Waals surface area contributed by atoms with Crippen LogP contribution in [0.5, 0.6) is 0 Å². The molecule has 1 N–H and O–H groups in total. The van der Waals surface area contributed by atoms with Gasteiger partial charge in [-0.25, -0.2) is 0 Å². The number of halogens is 1. The molecule has 0 saturated carbocycles. The molecule has 0 unspecified atom stereocenters. The second-order valence-corrected chi connectivity index (χ2v) is 5.91. The van der Waals surface area contributed by atoms with Crippen LogP contribution >= 0.6 is 11.6 Å². The molecule has 0 amide bonds. The first-order chi connectivity index (χ1) is 10.7. The van der Waals surface area contributed by atoms with Crippen molar-refractivity contribution in [2.45, 2.75) is 25.7 Å². The molecule has 118 valence electrons. The summed E-state index contributed by atoms with van der Waals surface area (Å²) in [4.78, 5) is 2.14. The summed E-state index contributed by atoms with van der Waals surface area (Å²) >= 11 is 6.19. The third-order valence-corrected chi connectivity index (χ3v) is 4.20. The maximum atomic E-state index is 9.97. The van der Waals surface area contributed by atoms with Crippen LogP contribution in [0.25, 0.3) is 11.3 Å².